The molecule has 0 saturated carbocycles. The van der Waals surface area contributed by atoms with Crippen molar-refractivity contribution in [3.8, 4) is 0 Å². The number of Topliss-reactive ketones (excluding diaryl/α,β-unsaturated/α-hetero) is 1. The molecule has 2 rings (SSSR count). The average Bonchev–Trinajstić information content (AvgIpc) is 3.14. The van der Waals surface area contributed by atoms with Crippen LogP contribution in [0.15, 0.2) is 41.8 Å². The second-order valence-corrected chi connectivity index (χ2v) is 6.41. The fourth-order valence-electron chi connectivity index (χ4n) is 2.02. The normalized spacial score (nSPS) is 11.3. The molecule has 0 fully saturated rings. The number of carbonyl (C=O) groups is 4. The lowest BCUT2D eigenvalue weighted by atomic mass is 10.1. The van der Waals surface area contributed by atoms with Crippen molar-refractivity contribution < 1.29 is 23.9 Å². The molecule has 0 bridgehead atoms. The minimum atomic E-state index is -0.875. The highest BCUT2D eigenvalue weighted by molar-refractivity contribution is 7.12. The zero-order chi connectivity index (χ0) is 19.1. The van der Waals surface area contributed by atoms with Crippen LogP contribution in [0.2, 0.25) is 0 Å². The van der Waals surface area contributed by atoms with E-state index in [2.05, 4.69) is 10.6 Å². The molecule has 0 aliphatic carbocycles. The minimum Gasteiger partial charge on any atom is -0.456 e. The maximum absolute atomic E-state index is 12.1. The van der Waals surface area contributed by atoms with Gasteiger partial charge in [-0.25, -0.2) is 4.79 Å². The molecule has 7 nitrogen and oxygen atoms in total. The van der Waals surface area contributed by atoms with Gasteiger partial charge in [-0.15, -0.1) is 11.3 Å². The first-order chi connectivity index (χ1) is 12.4. The first kappa shape index (κ1) is 19.3. The Bertz CT molecular complexity index is 799. The van der Waals surface area contributed by atoms with E-state index in [4.69, 9.17) is 4.74 Å². The lowest BCUT2D eigenvalue weighted by Crippen LogP contribution is -2.39. The monoisotopic (exact) mass is 374 g/mol. The number of nitrogens with one attached hydrogen (secondary N) is 2. The Balaban J connectivity index is 1.83. The van der Waals surface area contributed by atoms with E-state index in [0.717, 1.165) is 0 Å². The van der Waals surface area contributed by atoms with Gasteiger partial charge in [0.25, 0.3) is 5.91 Å². The number of esters is 1. The summed E-state index contributed by atoms with van der Waals surface area (Å²) in [6, 6.07) is 8.73. The summed E-state index contributed by atoms with van der Waals surface area (Å²) in [5, 5.41) is 6.87. The summed E-state index contributed by atoms with van der Waals surface area (Å²) in [6.07, 6.45) is 0. The maximum atomic E-state index is 12.1. The molecule has 2 amide bonds. The van der Waals surface area contributed by atoms with E-state index >= 15 is 0 Å². The average molecular weight is 374 g/mol. The van der Waals surface area contributed by atoms with Crippen LogP contribution in [-0.4, -0.2) is 36.2 Å². The number of thiophene rings is 1. The Morgan fingerprint density at radius 3 is 2.38 bits per heavy atom. The van der Waals surface area contributed by atoms with E-state index in [9.17, 15) is 19.2 Å². The standard InChI is InChI=1S/C18H18N2O5S/c1-11(19-17(23)16-4-3-9-26-16)18(24)25-10-15(22)13-5-7-14(8-6-13)20-12(2)21/h3-9,11H,10H2,1-2H3,(H,19,23)(H,20,21). The first-order valence-electron chi connectivity index (χ1n) is 7.78. The second-order valence-electron chi connectivity index (χ2n) is 5.46. The number of ketones is 1. The van der Waals surface area contributed by atoms with Gasteiger partial charge in [0.1, 0.15) is 6.04 Å². The van der Waals surface area contributed by atoms with Gasteiger partial charge in [-0.3, -0.25) is 14.4 Å². The van der Waals surface area contributed by atoms with E-state index in [1.807, 2.05) is 0 Å². The number of hydrogen-bond acceptors (Lipinski definition) is 6. The van der Waals surface area contributed by atoms with Crippen molar-refractivity contribution in [3.63, 3.8) is 0 Å². The molecular formula is C18H18N2O5S. The van der Waals surface area contributed by atoms with Crippen LogP contribution in [0.25, 0.3) is 0 Å². The summed E-state index contributed by atoms with van der Waals surface area (Å²) in [4.78, 5) is 47.3. The number of amides is 2. The lowest BCUT2D eigenvalue weighted by molar-refractivity contribution is -0.144. The largest absolute Gasteiger partial charge is 0.456 e. The van der Waals surface area contributed by atoms with Crippen molar-refractivity contribution in [1.82, 2.24) is 5.32 Å². The number of carbonyl (C=O) groups excluding carboxylic acids is 4. The SMILES string of the molecule is CC(=O)Nc1ccc(C(=O)COC(=O)C(C)NC(=O)c2cccs2)cc1. The van der Waals surface area contributed by atoms with Crippen molar-refractivity contribution in [3.05, 3.63) is 52.2 Å². The number of rotatable bonds is 7. The number of anilines is 1. The van der Waals surface area contributed by atoms with Gasteiger partial charge in [0.2, 0.25) is 5.91 Å². The zero-order valence-corrected chi connectivity index (χ0v) is 15.1. The number of benzene rings is 1. The molecular weight excluding hydrogens is 356 g/mol. The summed E-state index contributed by atoms with van der Waals surface area (Å²) in [5.41, 5.74) is 0.915. The molecule has 1 atom stereocenters. The summed E-state index contributed by atoms with van der Waals surface area (Å²) in [5.74, 6) is -1.66. The van der Waals surface area contributed by atoms with Gasteiger partial charge in [0.15, 0.2) is 12.4 Å². The first-order valence-corrected chi connectivity index (χ1v) is 8.66. The zero-order valence-electron chi connectivity index (χ0n) is 14.3. The highest BCUT2D eigenvalue weighted by Crippen LogP contribution is 2.11. The van der Waals surface area contributed by atoms with Crippen molar-refractivity contribution >= 4 is 40.6 Å². The maximum Gasteiger partial charge on any atom is 0.328 e. The molecule has 1 heterocycles. The molecule has 0 aliphatic heterocycles. The van der Waals surface area contributed by atoms with E-state index in [1.165, 1.54) is 37.3 Å². The second kappa shape index (κ2) is 8.91. The molecule has 1 unspecified atom stereocenters. The van der Waals surface area contributed by atoms with Crippen LogP contribution >= 0.6 is 11.3 Å². The molecule has 1 aromatic carbocycles. The Morgan fingerprint density at radius 1 is 1.12 bits per heavy atom. The Morgan fingerprint density at radius 2 is 1.81 bits per heavy atom. The lowest BCUT2D eigenvalue weighted by Gasteiger charge is -2.12. The van der Waals surface area contributed by atoms with Gasteiger partial charge in [-0.2, -0.15) is 0 Å². The smallest absolute Gasteiger partial charge is 0.328 e. The fourth-order valence-corrected chi connectivity index (χ4v) is 2.65. The van der Waals surface area contributed by atoms with E-state index in [0.29, 0.717) is 16.1 Å². The third-order valence-electron chi connectivity index (χ3n) is 3.32. The van der Waals surface area contributed by atoms with Crippen LogP contribution in [0.5, 0.6) is 0 Å². The molecule has 0 spiro atoms. The van der Waals surface area contributed by atoms with Gasteiger partial charge >= 0.3 is 5.97 Å². The minimum absolute atomic E-state index is 0.211. The summed E-state index contributed by atoms with van der Waals surface area (Å²) in [6.45, 7) is 2.44. The van der Waals surface area contributed by atoms with Crippen molar-refractivity contribution in [2.45, 2.75) is 19.9 Å². The molecule has 26 heavy (non-hydrogen) atoms. The van der Waals surface area contributed by atoms with Crippen molar-refractivity contribution in [1.29, 1.82) is 0 Å². The summed E-state index contributed by atoms with van der Waals surface area (Å²) >= 11 is 1.26. The van der Waals surface area contributed by atoms with Gasteiger partial charge in [0, 0.05) is 18.2 Å². The molecule has 1 aromatic heterocycles. The van der Waals surface area contributed by atoms with Gasteiger partial charge in [0.05, 0.1) is 4.88 Å². The third kappa shape index (κ3) is 5.52. The van der Waals surface area contributed by atoms with E-state index < -0.39 is 18.6 Å². The van der Waals surface area contributed by atoms with Crippen LogP contribution in [0.4, 0.5) is 5.69 Å². The molecule has 8 heteroatoms. The quantitative estimate of drug-likeness (QED) is 0.572. The molecule has 136 valence electrons. The number of hydrogen-bond donors (Lipinski definition) is 2. The van der Waals surface area contributed by atoms with Crippen LogP contribution < -0.4 is 10.6 Å². The molecule has 2 aromatic rings. The van der Waals surface area contributed by atoms with Crippen LogP contribution in [0.3, 0.4) is 0 Å². The fraction of sp³-hybridized carbons (Fsp3) is 0.222. The highest BCUT2D eigenvalue weighted by Gasteiger charge is 2.19. The summed E-state index contributed by atoms with van der Waals surface area (Å²) < 4.78 is 4.96. The Hall–Kier alpha value is -3.00. The van der Waals surface area contributed by atoms with Gasteiger partial charge in [-0.1, -0.05) is 6.07 Å². The summed E-state index contributed by atoms with van der Waals surface area (Å²) in [7, 11) is 0. The van der Waals surface area contributed by atoms with Crippen LogP contribution in [0, 0.1) is 0 Å². The van der Waals surface area contributed by atoms with Crippen molar-refractivity contribution in [2.24, 2.45) is 0 Å². The van der Waals surface area contributed by atoms with Crippen molar-refractivity contribution in [2.75, 3.05) is 11.9 Å². The predicted molar refractivity (Wildman–Crippen MR) is 97.3 cm³/mol. The van der Waals surface area contributed by atoms with Crippen LogP contribution in [0.1, 0.15) is 33.9 Å². The number of ether oxygens (including phenoxy) is 1. The Labute approximate surface area is 154 Å². The molecule has 0 aliphatic rings. The highest BCUT2D eigenvalue weighted by atomic mass is 32.1. The van der Waals surface area contributed by atoms with Gasteiger partial charge in [-0.05, 0) is 42.6 Å². The Kier molecular flexibility index (Phi) is 6.62. The molecule has 2 N–H and O–H groups in total. The van der Waals surface area contributed by atoms with Crippen LogP contribution in [-0.2, 0) is 14.3 Å². The molecule has 0 radical (unpaired) electrons. The predicted octanol–water partition coefficient (Wildman–Crippen LogP) is 2.25. The van der Waals surface area contributed by atoms with Gasteiger partial charge < -0.3 is 15.4 Å². The van der Waals surface area contributed by atoms with E-state index in [1.54, 1.807) is 29.6 Å². The van der Waals surface area contributed by atoms with E-state index in [-0.39, 0.29) is 17.6 Å². The molecule has 0 saturated heterocycles. The topological polar surface area (TPSA) is 102 Å². The third-order valence-corrected chi connectivity index (χ3v) is 4.19.